The number of thiazole rings is 1. The maximum Gasteiger partial charge on any atom is 0.306 e. The molecule has 1 atom stereocenters. The summed E-state index contributed by atoms with van der Waals surface area (Å²) in [5, 5.41) is 1.08. The maximum atomic E-state index is 11.5. The van der Waals surface area contributed by atoms with Gasteiger partial charge < -0.3 is 10.5 Å². The number of primary amides is 1. The van der Waals surface area contributed by atoms with E-state index in [1.54, 1.807) is 11.3 Å². The van der Waals surface area contributed by atoms with Crippen molar-refractivity contribution in [1.29, 1.82) is 0 Å². The van der Waals surface area contributed by atoms with Crippen LogP contribution in [0.1, 0.15) is 31.2 Å². The standard InChI is InChI=1S/C15H18N2O3S/c1-10(15(16)19)20-14(18)9-5-4-8-13-17-11-6-2-3-7-12(11)21-13/h2-3,6-7,10H,4-5,8-9H2,1H3,(H2,16,19)/t10-/m0/s1. The second kappa shape index (κ2) is 7.17. The first kappa shape index (κ1) is 15.4. The van der Waals surface area contributed by atoms with Gasteiger partial charge in [0.2, 0.25) is 0 Å². The summed E-state index contributed by atoms with van der Waals surface area (Å²) >= 11 is 1.68. The van der Waals surface area contributed by atoms with Gasteiger partial charge in [0.05, 0.1) is 15.2 Å². The summed E-state index contributed by atoms with van der Waals surface area (Å²) in [5.74, 6) is -1.01. The number of fused-ring (bicyclic) bond motifs is 1. The molecule has 1 heterocycles. The van der Waals surface area contributed by atoms with Gasteiger partial charge >= 0.3 is 5.97 Å². The molecule has 6 heteroatoms. The van der Waals surface area contributed by atoms with Crippen LogP contribution in [-0.2, 0) is 20.7 Å². The molecular formula is C15H18N2O3S. The van der Waals surface area contributed by atoms with Crippen molar-refractivity contribution < 1.29 is 14.3 Å². The quantitative estimate of drug-likeness (QED) is 0.629. The molecule has 0 aliphatic heterocycles. The van der Waals surface area contributed by atoms with Crippen molar-refractivity contribution in [3.8, 4) is 0 Å². The molecule has 21 heavy (non-hydrogen) atoms. The number of unbranched alkanes of at least 4 members (excludes halogenated alkanes) is 1. The van der Waals surface area contributed by atoms with E-state index in [0.717, 1.165) is 23.4 Å². The van der Waals surface area contributed by atoms with Crippen LogP contribution in [0.3, 0.4) is 0 Å². The number of hydrogen-bond donors (Lipinski definition) is 1. The van der Waals surface area contributed by atoms with Gasteiger partial charge in [-0.1, -0.05) is 12.1 Å². The molecule has 2 aromatic rings. The highest BCUT2D eigenvalue weighted by Crippen LogP contribution is 2.22. The molecule has 0 fully saturated rings. The number of carbonyl (C=O) groups is 2. The van der Waals surface area contributed by atoms with Crippen LogP contribution in [-0.4, -0.2) is 23.0 Å². The van der Waals surface area contributed by atoms with Gasteiger partial charge in [0.25, 0.3) is 5.91 Å². The van der Waals surface area contributed by atoms with Crippen LogP contribution in [0, 0.1) is 0 Å². The van der Waals surface area contributed by atoms with Crippen LogP contribution < -0.4 is 5.73 Å². The average molecular weight is 306 g/mol. The van der Waals surface area contributed by atoms with Gasteiger partial charge in [-0.2, -0.15) is 0 Å². The summed E-state index contributed by atoms with van der Waals surface area (Å²) in [6.07, 6.45) is 1.85. The minimum absolute atomic E-state index is 0.294. The number of para-hydroxylation sites is 1. The molecule has 1 amide bonds. The van der Waals surface area contributed by atoms with Crippen molar-refractivity contribution in [2.24, 2.45) is 5.73 Å². The second-order valence-corrected chi connectivity index (χ2v) is 5.93. The molecule has 1 aromatic heterocycles. The van der Waals surface area contributed by atoms with E-state index < -0.39 is 12.0 Å². The van der Waals surface area contributed by atoms with Crippen LogP contribution in [0.25, 0.3) is 10.2 Å². The predicted molar refractivity (Wildman–Crippen MR) is 81.9 cm³/mol. The van der Waals surface area contributed by atoms with E-state index in [9.17, 15) is 9.59 Å². The molecule has 0 unspecified atom stereocenters. The highest BCUT2D eigenvalue weighted by molar-refractivity contribution is 7.18. The number of nitrogens with zero attached hydrogens (tertiary/aromatic N) is 1. The Kier molecular flexibility index (Phi) is 5.27. The molecule has 1 aromatic carbocycles. The molecule has 0 spiro atoms. The van der Waals surface area contributed by atoms with Crippen LogP contribution in [0.2, 0.25) is 0 Å². The van der Waals surface area contributed by atoms with Crippen LogP contribution >= 0.6 is 11.3 Å². The second-order valence-electron chi connectivity index (χ2n) is 4.82. The zero-order valence-corrected chi connectivity index (χ0v) is 12.7. The van der Waals surface area contributed by atoms with Crippen molar-refractivity contribution in [3.63, 3.8) is 0 Å². The van der Waals surface area contributed by atoms with Gasteiger partial charge in [-0.25, -0.2) is 4.98 Å². The Morgan fingerprint density at radius 2 is 2.10 bits per heavy atom. The zero-order chi connectivity index (χ0) is 15.2. The molecule has 0 radical (unpaired) electrons. The van der Waals surface area contributed by atoms with Gasteiger partial charge in [0, 0.05) is 6.42 Å². The minimum Gasteiger partial charge on any atom is -0.453 e. The Balaban J connectivity index is 1.72. The van der Waals surface area contributed by atoms with Crippen LogP contribution in [0.4, 0.5) is 0 Å². The van der Waals surface area contributed by atoms with Crippen LogP contribution in [0.5, 0.6) is 0 Å². The van der Waals surface area contributed by atoms with Crippen molar-refractivity contribution >= 4 is 33.4 Å². The first-order valence-corrected chi connectivity index (χ1v) is 7.71. The number of hydrogen-bond acceptors (Lipinski definition) is 5. The number of aromatic nitrogens is 1. The lowest BCUT2D eigenvalue weighted by molar-refractivity contribution is -0.153. The summed E-state index contributed by atoms with van der Waals surface area (Å²) in [4.78, 5) is 26.8. The average Bonchev–Trinajstić information content (AvgIpc) is 2.86. The van der Waals surface area contributed by atoms with E-state index in [1.165, 1.54) is 11.6 Å². The fraction of sp³-hybridized carbons (Fsp3) is 0.400. The van der Waals surface area contributed by atoms with E-state index in [2.05, 4.69) is 11.1 Å². The van der Waals surface area contributed by atoms with Crippen molar-refractivity contribution in [3.05, 3.63) is 29.3 Å². The van der Waals surface area contributed by atoms with Gasteiger partial charge in [0.15, 0.2) is 6.10 Å². The molecule has 0 saturated heterocycles. The lowest BCUT2D eigenvalue weighted by Gasteiger charge is -2.08. The topological polar surface area (TPSA) is 82.3 Å². The molecule has 0 bridgehead atoms. The smallest absolute Gasteiger partial charge is 0.306 e. The maximum absolute atomic E-state index is 11.5. The lowest BCUT2D eigenvalue weighted by atomic mass is 10.2. The lowest BCUT2D eigenvalue weighted by Crippen LogP contribution is -2.30. The number of rotatable bonds is 7. The first-order chi connectivity index (χ1) is 10.1. The van der Waals surface area contributed by atoms with E-state index >= 15 is 0 Å². The Bertz CT molecular complexity index is 606. The number of aryl methyl sites for hydroxylation is 1. The molecule has 0 saturated carbocycles. The van der Waals surface area contributed by atoms with Gasteiger partial charge in [0.1, 0.15) is 0 Å². The third-order valence-corrected chi connectivity index (χ3v) is 4.16. The summed E-state index contributed by atoms with van der Waals surface area (Å²) < 4.78 is 6.07. The van der Waals surface area contributed by atoms with E-state index in [0.29, 0.717) is 12.8 Å². The van der Waals surface area contributed by atoms with Crippen molar-refractivity contribution in [1.82, 2.24) is 4.98 Å². The Labute approximate surface area is 127 Å². The number of esters is 1. The van der Waals surface area contributed by atoms with E-state index in [1.807, 2.05) is 18.2 Å². The monoisotopic (exact) mass is 306 g/mol. The van der Waals surface area contributed by atoms with Crippen LogP contribution in [0.15, 0.2) is 24.3 Å². The zero-order valence-electron chi connectivity index (χ0n) is 11.9. The fourth-order valence-electron chi connectivity index (χ4n) is 1.89. The van der Waals surface area contributed by atoms with Crippen molar-refractivity contribution in [2.45, 2.75) is 38.7 Å². The SMILES string of the molecule is C[C@H](OC(=O)CCCCc1nc2ccccc2s1)C(N)=O. The summed E-state index contributed by atoms with van der Waals surface area (Å²) in [6.45, 7) is 1.47. The van der Waals surface area contributed by atoms with Gasteiger partial charge in [-0.05, 0) is 38.3 Å². The highest BCUT2D eigenvalue weighted by Gasteiger charge is 2.14. The molecule has 5 nitrogen and oxygen atoms in total. The Morgan fingerprint density at radius 3 is 2.81 bits per heavy atom. The predicted octanol–water partition coefficient (Wildman–Crippen LogP) is 2.43. The Hall–Kier alpha value is -1.95. The van der Waals surface area contributed by atoms with Gasteiger partial charge in [-0.3, -0.25) is 9.59 Å². The summed E-state index contributed by atoms with van der Waals surface area (Å²) in [6, 6.07) is 8.03. The number of amides is 1. The molecule has 2 N–H and O–H groups in total. The third kappa shape index (κ3) is 4.53. The van der Waals surface area contributed by atoms with E-state index in [4.69, 9.17) is 10.5 Å². The van der Waals surface area contributed by atoms with Gasteiger partial charge in [-0.15, -0.1) is 11.3 Å². The molecule has 112 valence electrons. The summed E-state index contributed by atoms with van der Waals surface area (Å²) in [7, 11) is 0. The number of benzene rings is 1. The van der Waals surface area contributed by atoms with E-state index in [-0.39, 0.29) is 5.97 Å². The number of nitrogens with two attached hydrogens (primary N) is 1. The first-order valence-electron chi connectivity index (χ1n) is 6.89. The molecule has 0 aliphatic rings. The summed E-state index contributed by atoms with van der Waals surface area (Å²) in [5.41, 5.74) is 6.05. The Morgan fingerprint density at radius 1 is 1.33 bits per heavy atom. The third-order valence-electron chi connectivity index (χ3n) is 3.07. The largest absolute Gasteiger partial charge is 0.453 e. The fourth-order valence-corrected chi connectivity index (χ4v) is 2.90. The molecule has 2 rings (SSSR count). The van der Waals surface area contributed by atoms with Crippen molar-refractivity contribution in [2.75, 3.05) is 0 Å². The normalized spacial score (nSPS) is 12.2. The highest BCUT2D eigenvalue weighted by atomic mass is 32.1. The number of ether oxygens (including phenoxy) is 1. The molecule has 0 aliphatic carbocycles. The minimum atomic E-state index is -0.859. The molecular weight excluding hydrogens is 288 g/mol. The number of carbonyl (C=O) groups excluding carboxylic acids is 2.